The van der Waals surface area contributed by atoms with Gasteiger partial charge in [-0.1, -0.05) is 30.3 Å². The number of benzene rings is 2. The van der Waals surface area contributed by atoms with E-state index in [2.05, 4.69) is 20.6 Å². The van der Waals surface area contributed by atoms with Crippen molar-refractivity contribution in [2.75, 3.05) is 10.6 Å². The average Bonchev–Trinajstić information content (AvgIpc) is 2.64. The second kappa shape index (κ2) is 7.57. The Balaban J connectivity index is 1.70. The zero-order valence-corrected chi connectivity index (χ0v) is 14.5. The van der Waals surface area contributed by atoms with Crippen LogP contribution in [0.1, 0.15) is 33.2 Å². The molecule has 3 rings (SSSR count). The molecule has 1 heterocycles. The number of aromatic nitrogens is 2. The highest BCUT2D eigenvalue weighted by molar-refractivity contribution is 6.04. The number of hydrogen-bond acceptors (Lipinski definition) is 5. The van der Waals surface area contributed by atoms with Crippen molar-refractivity contribution in [3.63, 3.8) is 0 Å². The van der Waals surface area contributed by atoms with Gasteiger partial charge in [-0.05, 0) is 37.6 Å². The maximum Gasteiger partial charge on any atom is 0.258 e. The van der Waals surface area contributed by atoms with Gasteiger partial charge in [0.25, 0.3) is 5.91 Å². The lowest BCUT2D eigenvalue weighted by Gasteiger charge is -2.09. The first-order valence-corrected chi connectivity index (χ1v) is 8.10. The fraction of sp³-hybridized carbons (Fsp3) is 0.100. The van der Waals surface area contributed by atoms with E-state index in [0.717, 1.165) is 11.3 Å². The molecule has 2 N–H and O–H groups in total. The number of amides is 1. The minimum absolute atomic E-state index is 0.0592. The van der Waals surface area contributed by atoms with Crippen LogP contribution < -0.4 is 10.6 Å². The van der Waals surface area contributed by atoms with E-state index < -0.39 is 0 Å². The first kappa shape index (κ1) is 17.3. The average molecular weight is 346 g/mol. The van der Waals surface area contributed by atoms with Gasteiger partial charge in [-0.3, -0.25) is 9.59 Å². The number of rotatable bonds is 5. The van der Waals surface area contributed by atoms with Crippen LogP contribution in [0.25, 0.3) is 0 Å². The fourth-order valence-corrected chi connectivity index (χ4v) is 2.36. The first-order valence-electron chi connectivity index (χ1n) is 8.10. The summed E-state index contributed by atoms with van der Waals surface area (Å²) in [7, 11) is 0. The number of nitrogens with zero attached hydrogens (tertiary/aromatic N) is 2. The van der Waals surface area contributed by atoms with E-state index in [1.165, 1.54) is 19.3 Å². The predicted octanol–water partition coefficient (Wildman–Crippen LogP) is 3.98. The van der Waals surface area contributed by atoms with Crippen LogP contribution in [0.4, 0.5) is 17.3 Å². The normalized spacial score (nSPS) is 10.2. The van der Waals surface area contributed by atoms with Crippen LogP contribution in [-0.4, -0.2) is 21.7 Å². The summed E-state index contributed by atoms with van der Waals surface area (Å²) in [5.74, 6) is 0.0126. The monoisotopic (exact) mass is 346 g/mol. The summed E-state index contributed by atoms with van der Waals surface area (Å²) in [4.78, 5) is 32.1. The number of ketones is 1. The number of carbonyl (C=O) groups excluding carboxylic acids is 2. The number of aryl methyl sites for hydroxylation is 1. The van der Waals surface area contributed by atoms with Crippen molar-refractivity contribution in [2.45, 2.75) is 13.8 Å². The zero-order chi connectivity index (χ0) is 18.5. The molecule has 0 fully saturated rings. The molecule has 0 aliphatic rings. The number of nitrogens with one attached hydrogen (secondary N) is 2. The zero-order valence-electron chi connectivity index (χ0n) is 14.5. The van der Waals surface area contributed by atoms with Gasteiger partial charge in [-0.25, -0.2) is 9.97 Å². The van der Waals surface area contributed by atoms with E-state index in [4.69, 9.17) is 0 Å². The molecule has 0 spiro atoms. The molecule has 0 saturated heterocycles. The van der Waals surface area contributed by atoms with Crippen LogP contribution in [0.5, 0.6) is 0 Å². The lowest BCUT2D eigenvalue weighted by atomic mass is 10.1. The van der Waals surface area contributed by atoms with Gasteiger partial charge in [-0.2, -0.15) is 0 Å². The molecule has 6 nitrogen and oxygen atoms in total. The van der Waals surface area contributed by atoms with Crippen molar-refractivity contribution in [2.24, 2.45) is 0 Å². The number of hydrogen-bond donors (Lipinski definition) is 2. The van der Waals surface area contributed by atoms with Crippen molar-refractivity contribution in [3.8, 4) is 0 Å². The van der Waals surface area contributed by atoms with Crippen LogP contribution >= 0.6 is 0 Å². The van der Waals surface area contributed by atoms with Gasteiger partial charge >= 0.3 is 0 Å². The molecule has 3 aromatic rings. The Bertz CT molecular complexity index is 952. The summed E-state index contributed by atoms with van der Waals surface area (Å²) in [5.41, 5.74) is 3.39. The Morgan fingerprint density at radius 3 is 2.35 bits per heavy atom. The standard InChI is InChI=1S/C20H18N4O2/c1-13-6-3-4-9-18(13)24-20-21-11-16(12-22-20)19(26)23-17-8-5-7-15(10-17)14(2)25/h3-12H,1-2H3,(H,23,26)(H,21,22,24). The molecule has 0 atom stereocenters. The SMILES string of the molecule is CC(=O)c1cccc(NC(=O)c2cnc(Nc3ccccc3C)nc2)c1. The molecule has 0 unspecified atom stereocenters. The predicted molar refractivity (Wildman–Crippen MR) is 101 cm³/mol. The van der Waals surface area contributed by atoms with Crippen LogP contribution in [-0.2, 0) is 0 Å². The molecule has 0 saturated carbocycles. The van der Waals surface area contributed by atoms with E-state index in [0.29, 0.717) is 22.8 Å². The topological polar surface area (TPSA) is 84.0 Å². The maximum atomic E-state index is 12.3. The molecule has 0 aliphatic heterocycles. The Labute approximate surface area is 151 Å². The van der Waals surface area contributed by atoms with Crippen molar-refractivity contribution < 1.29 is 9.59 Å². The van der Waals surface area contributed by atoms with Crippen LogP contribution in [0, 0.1) is 6.92 Å². The number of Topliss-reactive ketones (excluding diaryl/α,β-unsaturated/α-hetero) is 1. The van der Waals surface area contributed by atoms with Crippen molar-refractivity contribution in [3.05, 3.63) is 77.6 Å². The molecular weight excluding hydrogens is 328 g/mol. The maximum absolute atomic E-state index is 12.3. The molecule has 1 aromatic heterocycles. The smallest absolute Gasteiger partial charge is 0.258 e. The largest absolute Gasteiger partial charge is 0.324 e. The van der Waals surface area contributed by atoms with Gasteiger partial charge in [-0.15, -0.1) is 0 Å². The third-order valence-corrected chi connectivity index (χ3v) is 3.83. The van der Waals surface area contributed by atoms with E-state index >= 15 is 0 Å². The Morgan fingerprint density at radius 2 is 1.65 bits per heavy atom. The Kier molecular flexibility index (Phi) is 5.03. The van der Waals surface area contributed by atoms with Crippen molar-refractivity contribution >= 4 is 29.0 Å². The minimum atomic E-state index is -0.340. The van der Waals surface area contributed by atoms with Gasteiger partial charge in [0.05, 0.1) is 5.56 Å². The first-order chi connectivity index (χ1) is 12.5. The summed E-state index contributed by atoms with van der Waals surface area (Å²) in [6, 6.07) is 14.6. The van der Waals surface area contributed by atoms with Crippen LogP contribution in [0.3, 0.4) is 0 Å². The van der Waals surface area contributed by atoms with E-state index in [9.17, 15) is 9.59 Å². The molecule has 0 aliphatic carbocycles. The van der Waals surface area contributed by atoms with Gasteiger partial charge in [0.15, 0.2) is 5.78 Å². The molecule has 26 heavy (non-hydrogen) atoms. The molecular formula is C20H18N4O2. The minimum Gasteiger partial charge on any atom is -0.324 e. The summed E-state index contributed by atoms with van der Waals surface area (Å²) < 4.78 is 0. The van der Waals surface area contributed by atoms with Gasteiger partial charge < -0.3 is 10.6 Å². The lowest BCUT2D eigenvalue weighted by molar-refractivity contribution is 0.101. The molecule has 2 aromatic carbocycles. The van der Waals surface area contributed by atoms with Crippen LogP contribution in [0.2, 0.25) is 0 Å². The molecule has 0 radical (unpaired) electrons. The molecule has 6 heteroatoms. The Morgan fingerprint density at radius 1 is 0.923 bits per heavy atom. The second-order valence-corrected chi connectivity index (χ2v) is 5.83. The summed E-state index contributed by atoms with van der Waals surface area (Å²) in [6.45, 7) is 3.47. The molecule has 1 amide bonds. The summed E-state index contributed by atoms with van der Waals surface area (Å²) >= 11 is 0. The van der Waals surface area contributed by atoms with E-state index in [1.807, 2.05) is 31.2 Å². The van der Waals surface area contributed by atoms with E-state index in [-0.39, 0.29) is 11.7 Å². The second-order valence-electron chi connectivity index (χ2n) is 5.83. The third kappa shape index (κ3) is 4.10. The van der Waals surface area contributed by atoms with E-state index in [1.54, 1.807) is 24.3 Å². The Hall–Kier alpha value is -3.54. The third-order valence-electron chi connectivity index (χ3n) is 3.83. The molecule has 130 valence electrons. The quantitative estimate of drug-likeness (QED) is 0.683. The highest BCUT2D eigenvalue weighted by Gasteiger charge is 2.09. The van der Waals surface area contributed by atoms with Gasteiger partial charge in [0.1, 0.15) is 0 Å². The van der Waals surface area contributed by atoms with Crippen molar-refractivity contribution in [1.82, 2.24) is 9.97 Å². The van der Waals surface area contributed by atoms with Crippen LogP contribution in [0.15, 0.2) is 60.9 Å². The number of para-hydroxylation sites is 1. The summed E-state index contributed by atoms with van der Waals surface area (Å²) in [5, 5.41) is 5.86. The fourth-order valence-electron chi connectivity index (χ4n) is 2.36. The lowest BCUT2D eigenvalue weighted by Crippen LogP contribution is -2.13. The highest BCUT2D eigenvalue weighted by atomic mass is 16.1. The van der Waals surface area contributed by atoms with Gasteiger partial charge in [0, 0.05) is 29.3 Å². The molecule has 0 bridgehead atoms. The van der Waals surface area contributed by atoms with Crippen molar-refractivity contribution in [1.29, 1.82) is 0 Å². The number of carbonyl (C=O) groups is 2. The summed E-state index contributed by atoms with van der Waals surface area (Å²) in [6.07, 6.45) is 2.91. The highest BCUT2D eigenvalue weighted by Crippen LogP contribution is 2.17. The number of anilines is 3. The van der Waals surface area contributed by atoms with Gasteiger partial charge in [0.2, 0.25) is 5.95 Å².